The number of carboxylic acids is 1. The summed E-state index contributed by atoms with van der Waals surface area (Å²) in [5.41, 5.74) is 0.625. The molecule has 1 heterocycles. The monoisotopic (exact) mass is 262 g/mol. The normalized spacial score (nSPS) is 10.4. The number of rotatable bonds is 5. The molecule has 0 fully saturated rings. The molecule has 0 unspecified atom stereocenters. The summed E-state index contributed by atoms with van der Waals surface area (Å²) in [5.74, 6) is -0.463. The minimum absolute atomic E-state index is 0.0884. The first kappa shape index (κ1) is 12.9. The second-order valence-corrected chi connectivity index (χ2v) is 3.93. The van der Waals surface area contributed by atoms with Crippen LogP contribution in [0, 0.1) is 0 Å². The summed E-state index contributed by atoms with van der Waals surface area (Å²) in [6.07, 6.45) is 1.48. The van der Waals surface area contributed by atoms with Crippen LogP contribution in [0.3, 0.4) is 0 Å². The Bertz CT molecular complexity index is 592. The van der Waals surface area contributed by atoms with Gasteiger partial charge in [0.25, 0.3) is 0 Å². The lowest BCUT2D eigenvalue weighted by molar-refractivity contribution is 0.0680. The van der Waals surface area contributed by atoms with Crippen LogP contribution in [0.25, 0.3) is 0 Å². The number of hydrogen-bond donors (Lipinski definition) is 2. The number of ether oxygens (including phenoxy) is 1. The largest absolute Gasteiger partial charge is 0.508 e. The van der Waals surface area contributed by atoms with E-state index in [1.54, 1.807) is 12.1 Å². The van der Waals surface area contributed by atoms with E-state index in [-0.39, 0.29) is 18.1 Å². The summed E-state index contributed by atoms with van der Waals surface area (Å²) >= 11 is 0. The van der Waals surface area contributed by atoms with Crippen LogP contribution < -0.4 is 4.74 Å². The minimum Gasteiger partial charge on any atom is -0.508 e. The second kappa shape index (κ2) is 5.43. The third-order valence-corrected chi connectivity index (χ3v) is 2.63. The lowest BCUT2D eigenvalue weighted by atomic mass is 10.2. The summed E-state index contributed by atoms with van der Waals surface area (Å²) in [4.78, 5) is 11.2. The number of carboxylic acid groups (broad SMARTS) is 1. The highest BCUT2D eigenvalue weighted by atomic mass is 16.5. The van der Waals surface area contributed by atoms with Crippen molar-refractivity contribution in [3.63, 3.8) is 0 Å². The van der Waals surface area contributed by atoms with Gasteiger partial charge in [-0.25, -0.2) is 4.79 Å². The molecule has 0 spiro atoms. The molecule has 0 bridgehead atoms. The number of phenolic OH excluding ortho intramolecular Hbond substituents is 1. The molecule has 2 N–H and O–H groups in total. The van der Waals surface area contributed by atoms with E-state index in [0.29, 0.717) is 17.9 Å². The molecule has 6 nitrogen and oxygen atoms in total. The number of nitrogens with zero attached hydrogens (tertiary/aromatic N) is 2. The summed E-state index contributed by atoms with van der Waals surface area (Å²) < 4.78 is 6.85. The predicted octanol–water partition coefficient (Wildman–Crippen LogP) is 1.89. The number of phenols is 1. The summed E-state index contributed by atoms with van der Waals surface area (Å²) in [6.45, 7) is 2.39. The van der Waals surface area contributed by atoms with Crippen molar-refractivity contribution >= 4 is 5.97 Å². The van der Waals surface area contributed by atoms with Crippen LogP contribution in [0.1, 0.15) is 23.0 Å². The van der Waals surface area contributed by atoms with Crippen LogP contribution in [0.15, 0.2) is 30.5 Å². The van der Waals surface area contributed by atoms with Gasteiger partial charge in [0.2, 0.25) is 0 Å². The van der Waals surface area contributed by atoms with Gasteiger partial charge in [-0.15, -0.1) is 0 Å². The molecule has 0 atom stereocenters. The lowest BCUT2D eigenvalue weighted by Gasteiger charge is -2.06. The minimum atomic E-state index is -1.03. The van der Waals surface area contributed by atoms with Crippen LogP contribution in [-0.4, -0.2) is 26.0 Å². The molecule has 0 radical (unpaired) electrons. The predicted molar refractivity (Wildman–Crippen MR) is 67.3 cm³/mol. The van der Waals surface area contributed by atoms with Crippen LogP contribution in [0.5, 0.6) is 11.5 Å². The molecular formula is C13H14N2O4. The van der Waals surface area contributed by atoms with Gasteiger partial charge in [-0.2, -0.15) is 5.10 Å². The molecule has 0 saturated heterocycles. The Balaban J connectivity index is 2.16. The fourth-order valence-electron chi connectivity index (χ4n) is 1.75. The molecule has 6 heteroatoms. The first-order valence-electron chi connectivity index (χ1n) is 5.81. The quantitative estimate of drug-likeness (QED) is 0.859. The highest BCUT2D eigenvalue weighted by molar-refractivity contribution is 5.87. The maximum atomic E-state index is 11.2. The molecule has 2 aromatic rings. The average molecular weight is 262 g/mol. The standard InChI is InChI=1S/C13H14N2O4/c1-2-15-12(13(17)18)9(7-14-15)8-19-11-5-3-4-10(16)6-11/h3-7,16H,2,8H2,1H3,(H,17,18). The first-order valence-corrected chi connectivity index (χ1v) is 5.81. The highest BCUT2D eigenvalue weighted by Crippen LogP contribution is 2.19. The molecule has 19 heavy (non-hydrogen) atoms. The summed E-state index contributed by atoms with van der Waals surface area (Å²) in [6, 6.07) is 6.33. The van der Waals surface area contributed by atoms with Crippen LogP contribution in [-0.2, 0) is 13.2 Å². The first-order chi connectivity index (χ1) is 9.11. The number of carbonyl (C=O) groups is 1. The molecule has 2 rings (SSSR count). The van der Waals surface area contributed by atoms with Gasteiger partial charge in [0.1, 0.15) is 18.1 Å². The van der Waals surface area contributed by atoms with Gasteiger partial charge in [-0.3, -0.25) is 4.68 Å². The third-order valence-electron chi connectivity index (χ3n) is 2.63. The van der Waals surface area contributed by atoms with E-state index in [0.717, 1.165) is 0 Å². The SMILES string of the molecule is CCn1ncc(COc2cccc(O)c2)c1C(=O)O. The zero-order valence-electron chi connectivity index (χ0n) is 10.4. The fraction of sp³-hybridized carbons (Fsp3) is 0.231. The van der Waals surface area contributed by atoms with E-state index in [2.05, 4.69) is 5.10 Å². The van der Waals surface area contributed by atoms with Gasteiger partial charge in [0.15, 0.2) is 5.69 Å². The maximum Gasteiger partial charge on any atom is 0.354 e. The van der Waals surface area contributed by atoms with E-state index in [4.69, 9.17) is 9.84 Å². The molecular weight excluding hydrogens is 248 g/mol. The van der Waals surface area contributed by atoms with Crippen molar-refractivity contribution in [3.05, 3.63) is 41.7 Å². The Kier molecular flexibility index (Phi) is 3.70. The Morgan fingerprint density at radius 1 is 1.47 bits per heavy atom. The zero-order valence-corrected chi connectivity index (χ0v) is 10.4. The fourth-order valence-corrected chi connectivity index (χ4v) is 1.75. The van der Waals surface area contributed by atoms with Crippen LogP contribution >= 0.6 is 0 Å². The van der Waals surface area contributed by atoms with E-state index >= 15 is 0 Å². The van der Waals surface area contributed by atoms with E-state index in [9.17, 15) is 9.90 Å². The highest BCUT2D eigenvalue weighted by Gasteiger charge is 2.17. The van der Waals surface area contributed by atoms with E-state index in [1.807, 2.05) is 6.92 Å². The van der Waals surface area contributed by atoms with Crippen LogP contribution in [0.4, 0.5) is 0 Å². The Labute approximate surface area is 109 Å². The number of hydrogen-bond acceptors (Lipinski definition) is 4. The molecule has 0 aliphatic carbocycles. The molecule has 1 aromatic heterocycles. The summed E-state index contributed by atoms with van der Waals surface area (Å²) in [5, 5.41) is 22.4. The van der Waals surface area contributed by atoms with Crippen LogP contribution in [0.2, 0.25) is 0 Å². The van der Waals surface area contributed by atoms with Crippen molar-refractivity contribution in [2.24, 2.45) is 0 Å². The van der Waals surface area contributed by atoms with Gasteiger partial charge >= 0.3 is 5.97 Å². The molecule has 0 amide bonds. The van der Waals surface area contributed by atoms with Gasteiger partial charge in [-0.05, 0) is 19.1 Å². The zero-order chi connectivity index (χ0) is 13.8. The Hall–Kier alpha value is -2.50. The number of aryl methyl sites for hydroxylation is 1. The second-order valence-electron chi connectivity index (χ2n) is 3.93. The number of aromatic carboxylic acids is 1. The Morgan fingerprint density at radius 3 is 2.89 bits per heavy atom. The molecule has 100 valence electrons. The summed E-state index contributed by atoms with van der Waals surface area (Å²) in [7, 11) is 0. The number of benzene rings is 1. The van der Waals surface area contributed by atoms with Gasteiger partial charge in [0, 0.05) is 18.2 Å². The van der Waals surface area contributed by atoms with Gasteiger partial charge < -0.3 is 14.9 Å². The van der Waals surface area contributed by atoms with Crippen molar-refractivity contribution in [1.29, 1.82) is 0 Å². The van der Waals surface area contributed by atoms with Gasteiger partial charge in [-0.1, -0.05) is 6.07 Å². The lowest BCUT2D eigenvalue weighted by Crippen LogP contribution is -2.11. The molecule has 0 aliphatic heterocycles. The molecule has 1 aromatic carbocycles. The Morgan fingerprint density at radius 2 is 2.26 bits per heavy atom. The topological polar surface area (TPSA) is 84.6 Å². The average Bonchev–Trinajstić information content (AvgIpc) is 2.79. The number of aromatic hydroxyl groups is 1. The van der Waals surface area contributed by atoms with Crippen molar-refractivity contribution < 1.29 is 19.7 Å². The van der Waals surface area contributed by atoms with Crippen molar-refractivity contribution in [2.45, 2.75) is 20.1 Å². The van der Waals surface area contributed by atoms with Crippen molar-refractivity contribution in [2.75, 3.05) is 0 Å². The van der Waals surface area contributed by atoms with Gasteiger partial charge in [0.05, 0.1) is 6.20 Å². The van der Waals surface area contributed by atoms with Crippen molar-refractivity contribution in [3.8, 4) is 11.5 Å². The molecule has 0 aliphatic rings. The third kappa shape index (κ3) is 2.85. The smallest absolute Gasteiger partial charge is 0.354 e. The molecule has 0 saturated carbocycles. The van der Waals surface area contributed by atoms with Crippen molar-refractivity contribution in [1.82, 2.24) is 9.78 Å². The van der Waals surface area contributed by atoms with E-state index in [1.165, 1.54) is 23.0 Å². The number of aromatic nitrogens is 2. The maximum absolute atomic E-state index is 11.2. The van der Waals surface area contributed by atoms with E-state index < -0.39 is 5.97 Å².